The Bertz CT molecular complexity index is 476. The molecule has 1 atom stereocenters. The summed E-state index contributed by atoms with van der Waals surface area (Å²) in [6, 6.07) is 8.98. The van der Waals surface area contributed by atoms with Crippen LogP contribution in [0.1, 0.15) is 19.4 Å². The molecule has 1 aromatic rings. The molecule has 1 aliphatic heterocycles. The molecule has 1 heterocycles. The van der Waals surface area contributed by atoms with E-state index >= 15 is 0 Å². The van der Waals surface area contributed by atoms with E-state index in [1.807, 2.05) is 30.3 Å². The summed E-state index contributed by atoms with van der Waals surface area (Å²) < 4.78 is 0. The molecule has 0 unspecified atom stereocenters. The number of rotatable bonds is 5. The lowest BCUT2D eigenvalue weighted by atomic mass is 9.92. The van der Waals surface area contributed by atoms with E-state index in [0.717, 1.165) is 11.3 Å². The maximum atomic E-state index is 12.2. The fourth-order valence-corrected chi connectivity index (χ4v) is 3.32. The number of carbonyl (C=O) groups is 2. The number of amides is 3. The Morgan fingerprint density at radius 3 is 2.42 bits per heavy atom. The maximum Gasteiger partial charge on any atom is 0.322 e. The smallest absolute Gasteiger partial charge is 0.319 e. The Morgan fingerprint density at radius 1 is 1.21 bits per heavy atom. The second-order valence-electron chi connectivity index (χ2n) is 5.09. The topological polar surface area (TPSA) is 58.2 Å². The molecule has 3 amide bonds. The van der Waals surface area contributed by atoms with Gasteiger partial charge in [-0.15, -0.1) is 0 Å². The van der Waals surface area contributed by atoms with E-state index < -0.39 is 11.6 Å². The van der Waals surface area contributed by atoms with Crippen molar-refractivity contribution in [2.75, 3.05) is 11.5 Å². The number of hydrogen-bond acceptors (Lipinski definition) is 3. The zero-order valence-electron chi connectivity index (χ0n) is 11.1. The molecule has 5 heteroatoms. The molecule has 1 saturated heterocycles. The van der Waals surface area contributed by atoms with Crippen LogP contribution in [0.4, 0.5) is 4.79 Å². The number of urea groups is 1. The third kappa shape index (κ3) is 2.92. The first-order valence-electron chi connectivity index (χ1n) is 6.31. The molecular formula is C14H18N2O2S. The van der Waals surface area contributed by atoms with Crippen LogP contribution in [0.3, 0.4) is 0 Å². The second-order valence-corrected chi connectivity index (χ2v) is 6.12. The first-order chi connectivity index (χ1) is 9.04. The minimum Gasteiger partial charge on any atom is -0.319 e. The molecule has 102 valence electrons. The lowest BCUT2D eigenvalue weighted by molar-refractivity contribution is -0.123. The first kappa shape index (κ1) is 13.9. The molecule has 0 bridgehead atoms. The van der Waals surface area contributed by atoms with Crippen molar-refractivity contribution in [1.82, 2.24) is 10.6 Å². The number of imide groups is 1. The lowest BCUT2D eigenvalue weighted by Crippen LogP contribution is -2.46. The van der Waals surface area contributed by atoms with Crippen LogP contribution in [0, 0.1) is 5.92 Å². The molecule has 1 aromatic carbocycles. The minimum absolute atomic E-state index is 0.264. The normalized spacial score (nSPS) is 22.5. The Morgan fingerprint density at radius 2 is 1.89 bits per heavy atom. The summed E-state index contributed by atoms with van der Waals surface area (Å²) in [6.07, 6.45) is 0. The molecule has 2 N–H and O–H groups in total. The highest BCUT2D eigenvalue weighted by Gasteiger charge is 2.47. The van der Waals surface area contributed by atoms with Crippen molar-refractivity contribution < 1.29 is 9.59 Å². The zero-order valence-corrected chi connectivity index (χ0v) is 11.9. The molecule has 1 fully saturated rings. The monoisotopic (exact) mass is 278 g/mol. The van der Waals surface area contributed by atoms with E-state index in [1.165, 1.54) is 0 Å². The van der Waals surface area contributed by atoms with Gasteiger partial charge in [0.15, 0.2) is 5.54 Å². The Labute approximate surface area is 117 Å². The standard InChI is InChI=1S/C14H18N2O2S/c1-10(2)8-19-9-14(11-6-4-3-5-7-11)12(17)15-13(18)16-14/h3-7,10H,8-9H2,1-2H3,(H2,15,16,17,18)/t14-/m0/s1. The van der Waals surface area contributed by atoms with Gasteiger partial charge in [0.05, 0.1) is 0 Å². The highest BCUT2D eigenvalue weighted by atomic mass is 32.2. The lowest BCUT2D eigenvalue weighted by Gasteiger charge is -2.26. The Balaban J connectivity index is 2.24. The molecule has 4 nitrogen and oxygen atoms in total. The van der Waals surface area contributed by atoms with Gasteiger partial charge in [-0.25, -0.2) is 4.79 Å². The van der Waals surface area contributed by atoms with Gasteiger partial charge in [-0.1, -0.05) is 44.2 Å². The molecule has 0 spiro atoms. The average molecular weight is 278 g/mol. The maximum absolute atomic E-state index is 12.2. The summed E-state index contributed by atoms with van der Waals surface area (Å²) in [5.41, 5.74) is -0.104. The quantitative estimate of drug-likeness (QED) is 0.811. The highest BCUT2D eigenvalue weighted by molar-refractivity contribution is 7.99. The number of carbonyl (C=O) groups excluding carboxylic acids is 2. The molecule has 0 aliphatic carbocycles. The van der Waals surface area contributed by atoms with Gasteiger partial charge < -0.3 is 5.32 Å². The van der Waals surface area contributed by atoms with Crippen molar-refractivity contribution in [3.63, 3.8) is 0 Å². The predicted octanol–water partition coefficient (Wildman–Crippen LogP) is 2.11. The van der Waals surface area contributed by atoms with Crippen molar-refractivity contribution in [3.8, 4) is 0 Å². The second kappa shape index (κ2) is 5.65. The number of nitrogens with one attached hydrogen (secondary N) is 2. The summed E-state index contributed by atoms with van der Waals surface area (Å²) in [7, 11) is 0. The van der Waals surface area contributed by atoms with E-state index in [9.17, 15) is 9.59 Å². The van der Waals surface area contributed by atoms with E-state index in [-0.39, 0.29) is 5.91 Å². The fraction of sp³-hybridized carbons (Fsp3) is 0.429. The van der Waals surface area contributed by atoms with E-state index in [0.29, 0.717) is 11.7 Å². The molecular weight excluding hydrogens is 260 g/mol. The van der Waals surface area contributed by atoms with Crippen LogP contribution in [0.5, 0.6) is 0 Å². The van der Waals surface area contributed by atoms with Crippen LogP contribution >= 0.6 is 11.8 Å². The van der Waals surface area contributed by atoms with E-state index in [1.54, 1.807) is 11.8 Å². The Hall–Kier alpha value is -1.49. The SMILES string of the molecule is CC(C)CSC[C@@]1(c2ccccc2)NC(=O)NC1=O. The van der Waals surface area contributed by atoms with Gasteiger partial charge in [0.25, 0.3) is 5.91 Å². The molecule has 19 heavy (non-hydrogen) atoms. The van der Waals surface area contributed by atoms with E-state index in [4.69, 9.17) is 0 Å². The van der Waals surface area contributed by atoms with Gasteiger partial charge in [0.2, 0.25) is 0 Å². The molecule has 0 aromatic heterocycles. The minimum atomic E-state index is -0.933. The highest BCUT2D eigenvalue weighted by Crippen LogP contribution is 2.29. The van der Waals surface area contributed by atoms with Crippen molar-refractivity contribution in [2.24, 2.45) is 5.92 Å². The van der Waals surface area contributed by atoms with Crippen molar-refractivity contribution in [1.29, 1.82) is 0 Å². The van der Waals surface area contributed by atoms with Gasteiger partial charge in [0, 0.05) is 5.75 Å². The van der Waals surface area contributed by atoms with Crippen molar-refractivity contribution >= 4 is 23.7 Å². The summed E-state index contributed by atoms with van der Waals surface area (Å²) in [6.45, 7) is 4.27. The summed E-state index contributed by atoms with van der Waals surface area (Å²) in [4.78, 5) is 23.7. The zero-order chi connectivity index (χ0) is 13.9. The third-order valence-electron chi connectivity index (χ3n) is 2.98. The fourth-order valence-electron chi connectivity index (χ4n) is 2.05. The number of thioether (sulfide) groups is 1. The van der Waals surface area contributed by atoms with Gasteiger partial charge in [-0.2, -0.15) is 11.8 Å². The van der Waals surface area contributed by atoms with Crippen LogP contribution in [-0.4, -0.2) is 23.4 Å². The number of benzene rings is 1. The van der Waals surface area contributed by atoms with Gasteiger partial charge in [-0.3, -0.25) is 10.1 Å². The predicted molar refractivity (Wildman–Crippen MR) is 77.0 cm³/mol. The largest absolute Gasteiger partial charge is 0.322 e. The average Bonchev–Trinajstić information content (AvgIpc) is 2.66. The van der Waals surface area contributed by atoms with E-state index in [2.05, 4.69) is 24.5 Å². The van der Waals surface area contributed by atoms with Gasteiger partial charge in [0.1, 0.15) is 0 Å². The van der Waals surface area contributed by atoms with Crippen molar-refractivity contribution in [3.05, 3.63) is 35.9 Å². The number of hydrogen-bond donors (Lipinski definition) is 2. The molecule has 2 rings (SSSR count). The summed E-state index contributed by atoms with van der Waals surface area (Å²) >= 11 is 1.68. The van der Waals surface area contributed by atoms with Crippen LogP contribution in [0.15, 0.2) is 30.3 Å². The van der Waals surface area contributed by atoms with Crippen LogP contribution < -0.4 is 10.6 Å². The van der Waals surface area contributed by atoms with Gasteiger partial charge in [-0.05, 0) is 17.2 Å². The molecule has 0 radical (unpaired) electrons. The van der Waals surface area contributed by atoms with Gasteiger partial charge >= 0.3 is 6.03 Å². The molecule has 1 aliphatic rings. The summed E-state index contributed by atoms with van der Waals surface area (Å²) in [5, 5.41) is 5.13. The molecule has 0 saturated carbocycles. The van der Waals surface area contributed by atoms with Crippen LogP contribution in [0.2, 0.25) is 0 Å². The summed E-state index contributed by atoms with van der Waals surface area (Å²) in [5.74, 6) is 1.79. The third-order valence-corrected chi connectivity index (χ3v) is 4.52. The Kier molecular flexibility index (Phi) is 4.14. The van der Waals surface area contributed by atoms with Crippen LogP contribution in [-0.2, 0) is 10.3 Å². The van der Waals surface area contributed by atoms with Crippen molar-refractivity contribution in [2.45, 2.75) is 19.4 Å². The van der Waals surface area contributed by atoms with Crippen LogP contribution in [0.25, 0.3) is 0 Å². The first-order valence-corrected chi connectivity index (χ1v) is 7.47.